The summed E-state index contributed by atoms with van der Waals surface area (Å²) in [4.78, 5) is 23.2. The van der Waals surface area contributed by atoms with Gasteiger partial charge in [-0.05, 0) is 30.9 Å². The van der Waals surface area contributed by atoms with Gasteiger partial charge in [0.05, 0.1) is 7.11 Å². The molecule has 2 N–H and O–H groups in total. The summed E-state index contributed by atoms with van der Waals surface area (Å²) in [5.41, 5.74) is 0. The van der Waals surface area contributed by atoms with Crippen LogP contribution >= 0.6 is 0 Å². The van der Waals surface area contributed by atoms with Crippen molar-refractivity contribution >= 4 is 11.9 Å². The summed E-state index contributed by atoms with van der Waals surface area (Å²) < 4.78 is 10.8. The number of para-hydroxylation sites is 2. The Balaban J connectivity index is 1.86. The lowest BCUT2D eigenvalue weighted by atomic mass is 9.84. The van der Waals surface area contributed by atoms with E-state index in [4.69, 9.17) is 14.6 Å². The second kappa shape index (κ2) is 10.7. The molecule has 144 valence electrons. The Morgan fingerprint density at radius 3 is 2.54 bits per heavy atom. The van der Waals surface area contributed by atoms with Gasteiger partial charge < -0.3 is 19.9 Å². The molecular weight excluding hydrogens is 334 g/mol. The Bertz CT molecular complexity index is 583. The third-order valence-corrected chi connectivity index (χ3v) is 4.84. The summed E-state index contributed by atoms with van der Waals surface area (Å²) in [6.07, 6.45) is 7.40. The van der Waals surface area contributed by atoms with Gasteiger partial charge in [-0.15, -0.1) is 0 Å². The lowest BCUT2D eigenvalue weighted by Crippen LogP contribution is -2.39. The van der Waals surface area contributed by atoms with Crippen molar-refractivity contribution in [2.75, 3.05) is 13.7 Å². The largest absolute Gasteiger partial charge is 0.493 e. The van der Waals surface area contributed by atoms with Gasteiger partial charge in [0, 0.05) is 12.5 Å². The van der Waals surface area contributed by atoms with Crippen LogP contribution in [0.1, 0.15) is 51.4 Å². The van der Waals surface area contributed by atoms with Crippen molar-refractivity contribution < 1.29 is 24.2 Å². The number of hydrogen-bond acceptors (Lipinski definition) is 4. The zero-order chi connectivity index (χ0) is 18.8. The van der Waals surface area contributed by atoms with E-state index in [1.54, 1.807) is 19.2 Å². The second-order valence-electron chi connectivity index (χ2n) is 6.88. The van der Waals surface area contributed by atoms with Crippen LogP contribution in [0.5, 0.6) is 11.5 Å². The van der Waals surface area contributed by atoms with E-state index in [0.717, 1.165) is 19.3 Å². The van der Waals surface area contributed by atoms with E-state index in [2.05, 4.69) is 5.32 Å². The van der Waals surface area contributed by atoms with Gasteiger partial charge in [0.2, 0.25) is 0 Å². The number of hydrogen-bond donors (Lipinski definition) is 2. The van der Waals surface area contributed by atoms with Crippen molar-refractivity contribution in [2.24, 2.45) is 5.92 Å². The smallest absolute Gasteiger partial charge is 0.303 e. The molecule has 6 heteroatoms. The van der Waals surface area contributed by atoms with Crippen LogP contribution in [0.4, 0.5) is 0 Å². The Morgan fingerprint density at radius 1 is 1.19 bits per heavy atom. The normalized spacial score (nSPS) is 15.9. The first kappa shape index (κ1) is 20.1. The fourth-order valence-electron chi connectivity index (χ4n) is 3.52. The highest BCUT2D eigenvalue weighted by Gasteiger charge is 2.21. The molecule has 1 aliphatic rings. The van der Waals surface area contributed by atoms with E-state index in [0.29, 0.717) is 23.8 Å². The predicted molar refractivity (Wildman–Crippen MR) is 98.5 cm³/mol. The van der Waals surface area contributed by atoms with Crippen LogP contribution in [0.15, 0.2) is 24.3 Å². The third-order valence-electron chi connectivity index (χ3n) is 4.84. The molecule has 0 bridgehead atoms. The number of carboxylic acid groups (broad SMARTS) is 1. The number of amides is 1. The van der Waals surface area contributed by atoms with Crippen molar-refractivity contribution in [3.63, 3.8) is 0 Å². The molecule has 1 aromatic carbocycles. The van der Waals surface area contributed by atoms with Crippen LogP contribution in [0.3, 0.4) is 0 Å². The molecule has 1 unspecified atom stereocenters. The number of ether oxygens (including phenoxy) is 2. The SMILES string of the molecule is COc1ccccc1OCC(=O)NC(CCC(=O)O)CC1CCCCC1. The van der Waals surface area contributed by atoms with Crippen LogP contribution in [-0.2, 0) is 9.59 Å². The number of aliphatic carboxylic acids is 1. The molecule has 0 spiro atoms. The molecule has 2 rings (SSSR count). The fraction of sp³-hybridized carbons (Fsp3) is 0.600. The molecule has 26 heavy (non-hydrogen) atoms. The lowest BCUT2D eigenvalue weighted by molar-refractivity contribution is -0.137. The zero-order valence-electron chi connectivity index (χ0n) is 15.4. The van der Waals surface area contributed by atoms with Gasteiger partial charge >= 0.3 is 5.97 Å². The molecule has 1 atom stereocenters. The minimum atomic E-state index is -0.835. The number of rotatable bonds is 10. The van der Waals surface area contributed by atoms with Crippen molar-refractivity contribution in [1.82, 2.24) is 5.32 Å². The summed E-state index contributed by atoms with van der Waals surface area (Å²) in [5, 5.41) is 11.9. The Hall–Kier alpha value is -2.24. The highest BCUT2D eigenvalue weighted by Crippen LogP contribution is 2.28. The lowest BCUT2D eigenvalue weighted by Gasteiger charge is -2.27. The maximum atomic E-state index is 12.3. The molecular formula is C20H29NO5. The van der Waals surface area contributed by atoms with Crippen LogP contribution in [-0.4, -0.2) is 36.7 Å². The first-order chi connectivity index (χ1) is 12.6. The van der Waals surface area contributed by atoms with E-state index < -0.39 is 5.97 Å². The van der Waals surface area contributed by atoms with E-state index >= 15 is 0 Å². The van der Waals surface area contributed by atoms with Crippen molar-refractivity contribution in [3.05, 3.63) is 24.3 Å². The summed E-state index contributed by atoms with van der Waals surface area (Å²) >= 11 is 0. The number of carboxylic acids is 1. The second-order valence-corrected chi connectivity index (χ2v) is 6.88. The molecule has 0 radical (unpaired) electrons. The number of benzene rings is 1. The minimum Gasteiger partial charge on any atom is -0.493 e. The molecule has 1 saturated carbocycles. The summed E-state index contributed by atoms with van der Waals surface area (Å²) in [7, 11) is 1.55. The average Bonchev–Trinajstić information content (AvgIpc) is 2.65. The van der Waals surface area contributed by atoms with Crippen molar-refractivity contribution in [2.45, 2.75) is 57.4 Å². The summed E-state index contributed by atoms with van der Waals surface area (Å²) in [6, 6.07) is 7.04. The quantitative estimate of drug-likeness (QED) is 0.665. The Morgan fingerprint density at radius 2 is 1.88 bits per heavy atom. The van der Waals surface area contributed by atoms with Gasteiger partial charge in [-0.25, -0.2) is 0 Å². The van der Waals surface area contributed by atoms with E-state index in [1.807, 2.05) is 12.1 Å². The van der Waals surface area contributed by atoms with Gasteiger partial charge in [0.15, 0.2) is 18.1 Å². The highest BCUT2D eigenvalue weighted by atomic mass is 16.5. The molecule has 0 heterocycles. The Labute approximate surface area is 154 Å². The average molecular weight is 363 g/mol. The first-order valence-electron chi connectivity index (χ1n) is 9.35. The van der Waals surface area contributed by atoms with Crippen molar-refractivity contribution in [1.29, 1.82) is 0 Å². The first-order valence-corrected chi connectivity index (χ1v) is 9.35. The molecule has 6 nitrogen and oxygen atoms in total. The van der Waals surface area contributed by atoms with Gasteiger partial charge in [0.25, 0.3) is 5.91 Å². The van der Waals surface area contributed by atoms with Gasteiger partial charge in [0.1, 0.15) is 0 Å². The minimum absolute atomic E-state index is 0.0605. The molecule has 0 aromatic heterocycles. The third kappa shape index (κ3) is 6.94. The predicted octanol–water partition coefficient (Wildman–Crippen LogP) is 3.39. The molecule has 1 aliphatic carbocycles. The molecule has 0 saturated heterocycles. The van der Waals surface area contributed by atoms with Crippen LogP contribution in [0.25, 0.3) is 0 Å². The maximum Gasteiger partial charge on any atom is 0.303 e. The van der Waals surface area contributed by atoms with Gasteiger partial charge in [-0.3, -0.25) is 9.59 Å². The highest BCUT2D eigenvalue weighted by molar-refractivity contribution is 5.78. The van der Waals surface area contributed by atoms with E-state index in [-0.39, 0.29) is 25.0 Å². The number of carbonyl (C=O) groups excluding carboxylic acids is 1. The number of carbonyl (C=O) groups is 2. The monoisotopic (exact) mass is 363 g/mol. The van der Waals surface area contributed by atoms with Crippen LogP contribution in [0, 0.1) is 5.92 Å². The number of methoxy groups -OCH3 is 1. The van der Waals surface area contributed by atoms with Crippen LogP contribution in [0.2, 0.25) is 0 Å². The summed E-state index contributed by atoms with van der Waals surface area (Å²) in [5.74, 6) is 0.586. The Kier molecular flexibility index (Phi) is 8.25. The molecule has 1 aromatic rings. The molecule has 1 fully saturated rings. The molecule has 0 aliphatic heterocycles. The van der Waals surface area contributed by atoms with E-state index in [9.17, 15) is 9.59 Å². The summed E-state index contributed by atoms with van der Waals surface area (Å²) in [6.45, 7) is -0.116. The standard InChI is InChI=1S/C20H29NO5/c1-25-17-9-5-6-10-18(17)26-14-19(22)21-16(11-12-20(23)24)13-15-7-3-2-4-8-15/h5-6,9-10,15-16H,2-4,7-8,11-14H2,1H3,(H,21,22)(H,23,24). The topological polar surface area (TPSA) is 84.9 Å². The van der Waals surface area contributed by atoms with E-state index in [1.165, 1.54) is 19.3 Å². The molecule has 1 amide bonds. The van der Waals surface area contributed by atoms with Gasteiger partial charge in [-0.1, -0.05) is 44.2 Å². The number of nitrogens with one attached hydrogen (secondary N) is 1. The van der Waals surface area contributed by atoms with Crippen molar-refractivity contribution in [3.8, 4) is 11.5 Å². The maximum absolute atomic E-state index is 12.3. The zero-order valence-corrected chi connectivity index (χ0v) is 15.4. The fourth-order valence-corrected chi connectivity index (χ4v) is 3.52. The van der Waals surface area contributed by atoms with Gasteiger partial charge in [-0.2, -0.15) is 0 Å². The van der Waals surface area contributed by atoms with Crippen LogP contribution < -0.4 is 14.8 Å².